The van der Waals surface area contributed by atoms with E-state index in [0.717, 1.165) is 33.4 Å². The molecule has 0 aliphatic rings. The molecule has 0 saturated carbocycles. The Hall–Kier alpha value is -7.79. The molecule has 61 heavy (non-hydrogen) atoms. The van der Waals surface area contributed by atoms with Gasteiger partial charge in [0.2, 0.25) is 0 Å². The van der Waals surface area contributed by atoms with Crippen LogP contribution in [0.4, 0.5) is 0 Å². The predicted molar refractivity (Wildman–Crippen MR) is 256 cm³/mol. The van der Waals surface area contributed by atoms with Gasteiger partial charge in [0.05, 0.1) is 0 Å². The molecule has 0 aliphatic heterocycles. The lowest BCUT2D eigenvalue weighted by atomic mass is 9.97. The van der Waals surface area contributed by atoms with Gasteiger partial charge in [-0.2, -0.15) is 0 Å². The van der Waals surface area contributed by atoms with Gasteiger partial charge in [-0.15, -0.1) is 11.3 Å². The Balaban J connectivity index is 0.979. The zero-order valence-electron chi connectivity index (χ0n) is 33.1. The van der Waals surface area contributed by atoms with E-state index in [1.54, 1.807) is 0 Å². The van der Waals surface area contributed by atoms with Crippen LogP contribution >= 0.6 is 11.3 Å². The zero-order valence-corrected chi connectivity index (χ0v) is 33.9. The SMILES string of the molecule is c1ccc(-c2ccc(-c3nc(-c4ccc(-c5cccc(-c6ccccc6)c5)cc4)nc(-c4ccc5c(c4)sc4cccc(-c6ccc(-c7ccccc7)cc6)c45)n3)cc2)cc1. The quantitative estimate of drug-likeness (QED) is 0.154. The Morgan fingerprint density at radius 2 is 0.623 bits per heavy atom. The second-order valence-electron chi connectivity index (χ2n) is 15.2. The minimum Gasteiger partial charge on any atom is -0.208 e. The van der Waals surface area contributed by atoms with Gasteiger partial charge in [0.1, 0.15) is 0 Å². The molecule has 2 aromatic heterocycles. The van der Waals surface area contributed by atoms with Gasteiger partial charge in [-0.05, 0) is 73.8 Å². The second-order valence-corrected chi connectivity index (χ2v) is 16.3. The molecule has 11 aromatic rings. The van der Waals surface area contributed by atoms with E-state index in [2.05, 4.69) is 218 Å². The normalized spacial score (nSPS) is 11.3. The summed E-state index contributed by atoms with van der Waals surface area (Å²) in [5, 5.41) is 2.50. The summed E-state index contributed by atoms with van der Waals surface area (Å²) in [5.41, 5.74) is 14.7. The van der Waals surface area contributed by atoms with Crippen molar-refractivity contribution in [3.63, 3.8) is 0 Å². The lowest BCUT2D eigenvalue weighted by molar-refractivity contribution is 1.07. The molecule has 0 radical (unpaired) electrons. The molecule has 0 fully saturated rings. The van der Waals surface area contributed by atoms with Crippen molar-refractivity contribution < 1.29 is 0 Å². The van der Waals surface area contributed by atoms with Gasteiger partial charge in [-0.1, -0.05) is 206 Å². The third kappa shape index (κ3) is 7.20. The van der Waals surface area contributed by atoms with Crippen molar-refractivity contribution in [1.29, 1.82) is 0 Å². The maximum atomic E-state index is 5.16. The maximum absolute atomic E-state index is 5.16. The molecule has 9 aromatic carbocycles. The van der Waals surface area contributed by atoms with Crippen molar-refractivity contribution >= 4 is 31.5 Å². The number of thiophene rings is 1. The molecule has 0 aliphatic carbocycles. The Kier molecular flexibility index (Phi) is 9.38. The highest BCUT2D eigenvalue weighted by Crippen LogP contribution is 2.42. The first-order valence-corrected chi connectivity index (χ1v) is 21.3. The van der Waals surface area contributed by atoms with Gasteiger partial charge in [-0.3, -0.25) is 0 Å². The molecule has 0 saturated heterocycles. The highest BCUT2D eigenvalue weighted by atomic mass is 32.1. The molecule has 0 amide bonds. The molecular formula is C57H37N3S. The number of hydrogen-bond donors (Lipinski definition) is 0. The highest BCUT2D eigenvalue weighted by molar-refractivity contribution is 7.26. The molecule has 0 atom stereocenters. The summed E-state index contributed by atoms with van der Waals surface area (Å²) in [6.07, 6.45) is 0. The number of fused-ring (bicyclic) bond motifs is 3. The van der Waals surface area contributed by atoms with Crippen LogP contribution in [0.25, 0.3) is 110 Å². The average molecular weight is 796 g/mol. The molecule has 3 nitrogen and oxygen atoms in total. The van der Waals surface area contributed by atoms with Gasteiger partial charge in [0, 0.05) is 36.9 Å². The van der Waals surface area contributed by atoms with Gasteiger partial charge >= 0.3 is 0 Å². The highest BCUT2D eigenvalue weighted by Gasteiger charge is 2.17. The van der Waals surface area contributed by atoms with Crippen LogP contribution in [-0.2, 0) is 0 Å². The molecule has 286 valence electrons. The van der Waals surface area contributed by atoms with Gasteiger partial charge in [0.25, 0.3) is 0 Å². The van der Waals surface area contributed by atoms with E-state index in [1.165, 1.54) is 59.1 Å². The summed E-state index contributed by atoms with van der Waals surface area (Å²) in [7, 11) is 0. The number of benzene rings is 9. The lowest BCUT2D eigenvalue weighted by Crippen LogP contribution is -2.00. The van der Waals surface area contributed by atoms with Crippen molar-refractivity contribution in [2.24, 2.45) is 0 Å². The standard InChI is InChI=1S/C57H37N3S/c1-4-12-38(13-5-1)41-22-28-44(29-23-41)50-20-11-21-52-54(50)51-35-34-49(37-53(51)61-52)57-59-55(45-30-24-42(25-31-45)39-14-6-2-7-15-39)58-56(60-57)46-32-26-43(27-33-46)48-19-10-18-47(36-48)40-16-8-3-9-17-40/h1-37H. The van der Waals surface area contributed by atoms with Crippen molar-refractivity contribution in [3.8, 4) is 89.8 Å². The first kappa shape index (κ1) is 36.3. The van der Waals surface area contributed by atoms with Gasteiger partial charge < -0.3 is 0 Å². The van der Waals surface area contributed by atoms with Crippen LogP contribution in [0, 0.1) is 0 Å². The summed E-state index contributed by atoms with van der Waals surface area (Å²) in [4.78, 5) is 15.4. The lowest BCUT2D eigenvalue weighted by Gasteiger charge is -2.10. The number of aromatic nitrogens is 3. The van der Waals surface area contributed by atoms with Crippen molar-refractivity contribution in [2.75, 3.05) is 0 Å². The summed E-state index contributed by atoms with van der Waals surface area (Å²) < 4.78 is 2.44. The molecule has 4 heteroatoms. The number of nitrogens with zero attached hydrogens (tertiary/aromatic N) is 3. The molecule has 0 unspecified atom stereocenters. The third-order valence-corrected chi connectivity index (χ3v) is 12.5. The van der Waals surface area contributed by atoms with Crippen LogP contribution in [0.5, 0.6) is 0 Å². The molecule has 0 spiro atoms. The molecule has 11 rings (SSSR count). The van der Waals surface area contributed by atoms with Gasteiger partial charge in [-0.25, -0.2) is 15.0 Å². The largest absolute Gasteiger partial charge is 0.208 e. The van der Waals surface area contributed by atoms with Crippen LogP contribution in [0.15, 0.2) is 224 Å². The molecule has 0 N–H and O–H groups in total. The fourth-order valence-electron chi connectivity index (χ4n) is 8.20. The van der Waals surface area contributed by atoms with E-state index in [0.29, 0.717) is 17.5 Å². The maximum Gasteiger partial charge on any atom is 0.164 e. The third-order valence-electron chi connectivity index (χ3n) is 11.4. The van der Waals surface area contributed by atoms with E-state index < -0.39 is 0 Å². The van der Waals surface area contributed by atoms with Crippen LogP contribution in [0.3, 0.4) is 0 Å². The van der Waals surface area contributed by atoms with Crippen molar-refractivity contribution in [2.45, 2.75) is 0 Å². The van der Waals surface area contributed by atoms with Crippen LogP contribution in [0.2, 0.25) is 0 Å². The van der Waals surface area contributed by atoms with E-state index in [4.69, 9.17) is 15.0 Å². The first-order valence-electron chi connectivity index (χ1n) is 20.5. The molecular weight excluding hydrogens is 759 g/mol. The minimum atomic E-state index is 0.634. The van der Waals surface area contributed by atoms with Gasteiger partial charge in [0.15, 0.2) is 17.5 Å². The van der Waals surface area contributed by atoms with E-state index in [-0.39, 0.29) is 0 Å². The van der Waals surface area contributed by atoms with Crippen LogP contribution < -0.4 is 0 Å². The van der Waals surface area contributed by atoms with Crippen LogP contribution in [-0.4, -0.2) is 15.0 Å². The number of rotatable bonds is 8. The Bertz CT molecular complexity index is 3300. The number of hydrogen-bond acceptors (Lipinski definition) is 4. The van der Waals surface area contributed by atoms with Crippen molar-refractivity contribution in [1.82, 2.24) is 15.0 Å². The summed E-state index contributed by atoms with van der Waals surface area (Å²) in [5.74, 6) is 1.91. The summed E-state index contributed by atoms with van der Waals surface area (Å²) in [6.45, 7) is 0. The second kappa shape index (κ2) is 15.8. The monoisotopic (exact) mass is 795 g/mol. The summed E-state index contributed by atoms with van der Waals surface area (Å²) in [6, 6.07) is 79.4. The van der Waals surface area contributed by atoms with Crippen molar-refractivity contribution in [3.05, 3.63) is 224 Å². The van der Waals surface area contributed by atoms with E-state index in [9.17, 15) is 0 Å². The Labute approximate surface area is 359 Å². The van der Waals surface area contributed by atoms with Crippen LogP contribution in [0.1, 0.15) is 0 Å². The fraction of sp³-hybridized carbons (Fsp3) is 0. The molecule has 2 heterocycles. The minimum absolute atomic E-state index is 0.634. The molecule has 0 bridgehead atoms. The zero-order chi connectivity index (χ0) is 40.5. The average Bonchev–Trinajstić information content (AvgIpc) is 3.73. The fourth-order valence-corrected chi connectivity index (χ4v) is 9.38. The predicted octanol–water partition coefficient (Wildman–Crippen LogP) is 15.6. The summed E-state index contributed by atoms with van der Waals surface area (Å²) >= 11 is 1.81. The Morgan fingerprint density at radius 3 is 1.15 bits per heavy atom. The topological polar surface area (TPSA) is 38.7 Å². The smallest absolute Gasteiger partial charge is 0.164 e. The first-order chi connectivity index (χ1) is 30.2. The van der Waals surface area contributed by atoms with E-state index >= 15 is 0 Å². The Morgan fingerprint density at radius 1 is 0.246 bits per heavy atom. The van der Waals surface area contributed by atoms with E-state index in [1.807, 2.05) is 17.4 Å².